The third-order valence-corrected chi connectivity index (χ3v) is 4.40. The van der Waals surface area contributed by atoms with E-state index < -0.39 is 11.0 Å². The Bertz CT molecular complexity index is 816. The van der Waals surface area contributed by atoms with Gasteiger partial charge in [0.15, 0.2) is 0 Å². The van der Waals surface area contributed by atoms with Crippen LogP contribution in [0.3, 0.4) is 0 Å². The summed E-state index contributed by atoms with van der Waals surface area (Å²) in [6.07, 6.45) is 0.223. The molecule has 2 aromatic rings. The highest BCUT2D eigenvalue weighted by Gasteiger charge is 2.30. The summed E-state index contributed by atoms with van der Waals surface area (Å²) in [6, 6.07) is 3.20. The summed E-state index contributed by atoms with van der Waals surface area (Å²) in [7, 11) is 1.87. The van der Waals surface area contributed by atoms with Crippen molar-refractivity contribution in [3.8, 4) is 0 Å². The number of hydrogen-bond donors (Lipinski definition) is 1. The molecular weight excluding hydrogens is 314 g/mol. The zero-order valence-corrected chi connectivity index (χ0v) is 13.6. The van der Waals surface area contributed by atoms with Gasteiger partial charge in [0.05, 0.1) is 17.0 Å². The molecule has 0 radical (unpaired) electrons. The van der Waals surface area contributed by atoms with Gasteiger partial charge >= 0.3 is 6.09 Å². The normalized spacial score (nSPS) is 17.9. The van der Waals surface area contributed by atoms with E-state index in [2.05, 4.69) is 4.98 Å². The highest BCUT2D eigenvalue weighted by atomic mass is 16.6. The van der Waals surface area contributed by atoms with Crippen molar-refractivity contribution in [2.45, 2.75) is 25.9 Å². The SMILES string of the molecule is Cc1nc2c(N3CCC[C@@H](OC(N)=O)C3)c([N+](=O)[O-])ccc2n1C. The lowest BCUT2D eigenvalue weighted by atomic mass is 10.1. The van der Waals surface area contributed by atoms with Crippen LogP contribution >= 0.6 is 0 Å². The maximum atomic E-state index is 11.5. The first-order valence-electron chi connectivity index (χ1n) is 7.70. The van der Waals surface area contributed by atoms with Gasteiger partial charge in [-0.05, 0) is 25.8 Å². The average molecular weight is 333 g/mol. The standard InChI is InChI=1S/C15H19N5O4/c1-9-17-13-11(18(9)2)5-6-12(20(22)23)14(13)19-7-3-4-10(8-19)24-15(16)21/h5-6,10H,3-4,7-8H2,1-2H3,(H2,16,21)/t10-/m1/s1. The number of hydrogen-bond acceptors (Lipinski definition) is 6. The van der Waals surface area contributed by atoms with Gasteiger partial charge in [0.1, 0.15) is 23.1 Å². The number of carbonyl (C=O) groups excluding carboxylic acids is 1. The smallest absolute Gasteiger partial charge is 0.404 e. The van der Waals surface area contributed by atoms with Crippen LogP contribution in [0.5, 0.6) is 0 Å². The second-order valence-electron chi connectivity index (χ2n) is 5.92. The highest BCUT2D eigenvalue weighted by Crippen LogP contribution is 2.37. The fourth-order valence-corrected chi connectivity index (χ4v) is 3.21. The lowest BCUT2D eigenvalue weighted by Crippen LogP contribution is -2.41. The molecule has 1 amide bonds. The van der Waals surface area contributed by atoms with Crippen molar-refractivity contribution in [1.29, 1.82) is 0 Å². The van der Waals surface area contributed by atoms with Crippen molar-refractivity contribution < 1.29 is 14.5 Å². The zero-order chi connectivity index (χ0) is 17.4. The van der Waals surface area contributed by atoms with Crippen LogP contribution < -0.4 is 10.6 Å². The molecule has 2 N–H and O–H groups in total. The number of fused-ring (bicyclic) bond motifs is 1. The highest BCUT2D eigenvalue weighted by molar-refractivity contribution is 5.95. The van der Waals surface area contributed by atoms with Gasteiger partial charge in [-0.15, -0.1) is 0 Å². The van der Waals surface area contributed by atoms with Crippen LogP contribution in [0.2, 0.25) is 0 Å². The number of aryl methyl sites for hydroxylation is 2. The molecule has 0 spiro atoms. The maximum absolute atomic E-state index is 11.5. The molecule has 1 aliphatic rings. The minimum absolute atomic E-state index is 0.000301. The first-order chi connectivity index (χ1) is 11.4. The average Bonchev–Trinajstić information content (AvgIpc) is 2.81. The second-order valence-corrected chi connectivity index (χ2v) is 5.92. The van der Waals surface area contributed by atoms with Gasteiger partial charge in [-0.2, -0.15) is 0 Å². The molecule has 0 unspecified atom stereocenters. The van der Waals surface area contributed by atoms with Crippen molar-refractivity contribution in [2.75, 3.05) is 18.0 Å². The van der Waals surface area contributed by atoms with Crippen LogP contribution in [0.15, 0.2) is 12.1 Å². The van der Waals surface area contributed by atoms with Crippen LogP contribution in [0.1, 0.15) is 18.7 Å². The number of nitro benzene ring substituents is 1. The van der Waals surface area contributed by atoms with Gasteiger partial charge in [0.25, 0.3) is 5.69 Å². The topological polar surface area (TPSA) is 117 Å². The quantitative estimate of drug-likeness (QED) is 0.677. The number of piperidine rings is 1. The molecular formula is C15H19N5O4. The van der Waals surface area contributed by atoms with E-state index in [1.54, 1.807) is 6.07 Å². The number of rotatable bonds is 3. The van der Waals surface area contributed by atoms with Crippen LogP contribution in [-0.2, 0) is 11.8 Å². The lowest BCUT2D eigenvalue weighted by Gasteiger charge is -2.33. The van der Waals surface area contributed by atoms with Gasteiger partial charge in [-0.3, -0.25) is 10.1 Å². The summed E-state index contributed by atoms with van der Waals surface area (Å²) >= 11 is 0. The number of anilines is 1. The van der Waals surface area contributed by atoms with Crippen LogP contribution in [0.4, 0.5) is 16.2 Å². The Morgan fingerprint density at radius 3 is 2.92 bits per heavy atom. The first kappa shape index (κ1) is 16.0. The Labute approximate surface area is 138 Å². The maximum Gasteiger partial charge on any atom is 0.404 e. The van der Waals surface area contributed by atoms with E-state index in [-0.39, 0.29) is 11.8 Å². The number of amides is 1. The number of ether oxygens (including phenoxy) is 1. The third-order valence-electron chi connectivity index (χ3n) is 4.40. The van der Waals surface area contributed by atoms with Crippen molar-refractivity contribution >= 4 is 28.5 Å². The van der Waals surface area contributed by atoms with Crippen molar-refractivity contribution in [2.24, 2.45) is 12.8 Å². The monoisotopic (exact) mass is 333 g/mol. The predicted octanol–water partition coefficient (Wildman–Crippen LogP) is 1.85. The Hall–Kier alpha value is -2.84. The number of nitrogens with zero attached hydrogens (tertiary/aromatic N) is 4. The van der Waals surface area contributed by atoms with Gasteiger partial charge in [0, 0.05) is 19.7 Å². The molecule has 9 nitrogen and oxygen atoms in total. The summed E-state index contributed by atoms with van der Waals surface area (Å²) < 4.78 is 6.98. The van der Waals surface area contributed by atoms with E-state index in [0.29, 0.717) is 30.7 Å². The molecule has 1 aromatic heterocycles. The molecule has 1 atom stereocenters. The third kappa shape index (κ3) is 2.72. The van der Waals surface area contributed by atoms with E-state index in [0.717, 1.165) is 17.8 Å². The predicted molar refractivity (Wildman–Crippen MR) is 88.0 cm³/mol. The number of imidazole rings is 1. The van der Waals surface area contributed by atoms with Gasteiger partial charge in [-0.1, -0.05) is 0 Å². The molecule has 1 aromatic carbocycles. The van der Waals surface area contributed by atoms with Gasteiger partial charge in [0.2, 0.25) is 0 Å². The first-order valence-corrected chi connectivity index (χ1v) is 7.70. The summed E-state index contributed by atoms with van der Waals surface area (Å²) in [5, 5.41) is 11.5. The molecule has 24 heavy (non-hydrogen) atoms. The molecule has 1 saturated heterocycles. The molecule has 0 aliphatic carbocycles. The van der Waals surface area contributed by atoms with E-state index in [4.69, 9.17) is 10.5 Å². The number of benzene rings is 1. The number of primary amides is 1. The fourth-order valence-electron chi connectivity index (χ4n) is 3.21. The minimum Gasteiger partial charge on any atom is -0.445 e. The molecule has 1 fully saturated rings. The minimum atomic E-state index is -0.830. The lowest BCUT2D eigenvalue weighted by molar-refractivity contribution is -0.384. The molecule has 9 heteroatoms. The Morgan fingerprint density at radius 1 is 1.50 bits per heavy atom. The van der Waals surface area contributed by atoms with Crippen LogP contribution in [-0.4, -0.2) is 39.8 Å². The van der Waals surface area contributed by atoms with Crippen molar-refractivity contribution in [3.63, 3.8) is 0 Å². The van der Waals surface area contributed by atoms with Crippen LogP contribution in [0.25, 0.3) is 11.0 Å². The number of nitrogens with two attached hydrogens (primary N) is 1. The van der Waals surface area contributed by atoms with E-state index in [9.17, 15) is 14.9 Å². The molecule has 3 rings (SSSR count). The summed E-state index contributed by atoms with van der Waals surface area (Å²) in [4.78, 5) is 28.5. The Balaban J connectivity index is 2.09. The second kappa shape index (κ2) is 5.99. The summed E-state index contributed by atoms with van der Waals surface area (Å²) in [6.45, 7) is 2.84. The van der Waals surface area contributed by atoms with E-state index >= 15 is 0 Å². The number of nitro groups is 1. The number of aromatic nitrogens is 2. The van der Waals surface area contributed by atoms with Crippen LogP contribution in [0, 0.1) is 17.0 Å². The van der Waals surface area contributed by atoms with Gasteiger partial charge in [-0.25, -0.2) is 9.78 Å². The van der Waals surface area contributed by atoms with E-state index in [1.165, 1.54) is 6.07 Å². The molecule has 2 heterocycles. The van der Waals surface area contributed by atoms with Crippen molar-refractivity contribution in [1.82, 2.24) is 9.55 Å². The molecule has 0 saturated carbocycles. The molecule has 1 aliphatic heterocycles. The van der Waals surface area contributed by atoms with Crippen molar-refractivity contribution in [3.05, 3.63) is 28.1 Å². The zero-order valence-electron chi connectivity index (χ0n) is 13.6. The molecule has 0 bridgehead atoms. The largest absolute Gasteiger partial charge is 0.445 e. The summed E-state index contributed by atoms with van der Waals surface area (Å²) in [5.41, 5.74) is 6.98. The Morgan fingerprint density at radius 2 is 2.25 bits per heavy atom. The molecule has 128 valence electrons. The van der Waals surface area contributed by atoms with E-state index in [1.807, 2.05) is 23.4 Å². The summed E-state index contributed by atoms with van der Waals surface area (Å²) in [5.74, 6) is 0.772. The number of carbonyl (C=O) groups is 1. The fraction of sp³-hybridized carbons (Fsp3) is 0.467. The van der Waals surface area contributed by atoms with Gasteiger partial charge < -0.3 is 19.9 Å². The Kier molecular flexibility index (Phi) is 4.00.